The molecule has 1 aliphatic rings. The Morgan fingerprint density at radius 2 is 2.35 bits per heavy atom. The van der Waals surface area contributed by atoms with Gasteiger partial charge in [0.1, 0.15) is 0 Å². The minimum absolute atomic E-state index is 0.483. The minimum Gasteiger partial charge on any atom is -0.316 e. The van der Waals surface area contributed by atoms with Crippen LogP contribution in [0.5, 0.6) is 0 Å². The second kappa shape index (κ2) is 5.49. The highest BCUT2D eigenvalue weighted by molar-refractivity contribution is 7.09. The predicted octanol–water partition coefficient (Wildman–Crippen LogP) is 3.49. The van der Waals surface area contributed by atoms with Gasteiger partial charge in [-0.3, -0.25) is 4.98 Å². The van der Waals surface area contributed by atoms with E-state index in [2.05, 4.69) is 31.2 Å². The number of thiazole rings is 1. The average molecular weight is 252 g/mol. The van der Waals surface area contributed by atoms with Crippen LogP contribution in [0.2, 0.25) is 0 Å². The molecule has 1 fully saturated rings. The van der Waals surface area contributed by atoms with E-state index in [1.54, 1.807) is 11.3 Å². The van der Waals surface area contributed by atoms with Gasteiger partial charge in [-0.15, -0.1) is 11.3 Å². The van der Waals surface area contributed by atoms with Crippen LogP contribution in [0.1, 0.15) is 44.4 Å². The molecule has 0 bridgehead atoms. The van der Waals surface area contributed by atoms with E-state index in [4.69, 9.17) is 0 Å². The van der Waals surface area contributed by atoms with Gasteiger partial charge in [-0.1, -0.05) is 26.7 Å². The van der Waals surface area contributed by atoms with Gasteiger partial charge in [-0.2, -0.15) is 0 Å². The van der Waals surface area contributed by atoms with Crippen LogP contribution in [-0.4, -0.2) is 18.1 Å². The standard InChI is InChI=1S/C14H24N2S/c1-14(2)7-5-4-6-12(14)13(15-3)8-11-9-16-10-17-11/h9-10,12-13,15H,4-8H2,1-3H3. The molecule has 96 valence electrons. The molecule has 0 amide bonds. The molecule has 1 aromatic heterocycles. The normalized spacial score (nSPS) is 25.7. The van der Waals surface area contributed by atoms with Crippen molar-refractivity contribution >= 4 is 11.3 Å². The molecule has 0 radical (unpaired) electrons. The van der Waals surface area contributed by atoms with E-state index in [1.165, 1.54) is 30.6 Å². The largest absolute Gasteiger partial charge is 0.316 e. The SMILES string of the molecule is CNC(Cc1cncs1)C1CCCCC1(C)C. The topological polar surface area (TPSA) is 24.9 Å². The van der Waals surface area contributed by atoms with Gasteiger partial charge in [-0.25, -0.2) is 0 Å². The number of hydrogen-bond donors (Lipinski definition) is 1. The lowest BCUT2D eigenvalue weighted by atomic mass is 9.65. The van der Waals surface area contributed by atoms with Crippen molar-refractivity contribution in [1.29, 1.82) is 0 Å². The smallest absolute Gasteiger partial charge is 0.0794 e. The van der Waals surface area contributed by atoms with Crippen molar-refractivity contribution < 1.29 is 0 Å². The summed E-state index contributed by atoms with van der Waals surface area (Å²) in [5.74, 6) is 0.795. The van der Waals surface area contributed by atoms with Crippen molar-refractivity contribution in [3.63, 3.8) is 0 Å². The number of nitrogens with zero attached hydrogens (tertiary/aromatic N) is 1. The molecule has 2 rings (SSSR count). The predicted molar refractivity (Wildman–Crippen MR) is 74.4 cm³/mol. The van der Waals surface area contributed by atoms with E-state index in [0.717, 1.165) is 12.3 Å². The molecule has 0 spiro atoms. The number of hydrogen-bond acceptors (Lipinski definition) is 3. The molecule has 3 heteroatoms. The quantitative estimate of drug-likeness (QED) is 0.887. The van der Waals surface area contributed by atoms with Crippen molar-refractivity contribution in [1.82, 2.24) is 10.3 Å². The van der Waals surface area contributed by atoms with E-state index < -0.39 is 0 Å². The molecule has 2 atom stereocenters. The lowest BCUT2D eigenvalue weighted by Gasteiger charge is -2.43. The summed E-state index contributed by atoms with van der Waals surface area (Å²) in [5.41, 5.74) is 2.42. The Morgan fingerprint density at radius 3 is 2.94 bits per heavy atom. The molecule has 0 saturated heterocycles. The summed E-state index contributed by atoms with van der Waals surface area (Å²) in [6.45, 7) is 4.88. The molecule has 2 unspecified atom stereocenters. The number of nitrogens with one attached hydrogen (secondary N) is 1. The molecule has 1 heterocycles. The van der Waals surface area contributed by atoms with Gasteiger partial charge in [0, 0.05) is 17.1 Å². The Balaban J connectivity index is 2.06. The van der Waals surface area contributed by atoms with Gasteiger partial charge in [0.2, 0.25) is 0 Å². The first-order chi connectivity index (χ1) is 8.13. The van der Waals surface area contributed by atoms with Gasteiger partial charge in [0.15, 0.2) is 0 Å². The molecule has 2 nitrogen and oxygen atoms in total. The van der Waals surface area contributed by atoms with Crippen LogP contribution in [0.4, 0.5) is 0 Å². The molecule has 1 aliphatic carbocycles. The lowest BCUT2D eigenvalue weighted by Crippen LogP contribution is -2.44. The van der Waals surface area contributed by atoms with E-state index in [0.29, 0.717) is 11.5 Å². The van der Waals surface area contributed by atoms with E-state index in [-0.39, 0.29) is 0 Å². The van der Waals surface area contributed by atoms with E-state index in [9.17, 15) is 0 Å². The average Bonchev–Trinajstić information content (AvgIpc) is 2.79. The zero-order chi connectivity index (χ0) is 12.3. The van der Waals surface area contributed by atoms with Crippen molar-refractivity contribution in [2.45, 2.75) is 52.0 Å². The Bertz CT molecular complexity index is 332. The first kappa shape index (κ1) is 13.0. The molecule has 1 N–H and O–H groups in total. The fraction of sp³-hybridized carbons (Fsp3) is 0.786. The Morgan fingerprint density at radius 1 is 1.53 bits per heavy atom. The summed E-state index contributed by atoms with van der Waals surface area (Å²) < 4.78 is 0. The van der Waals surface area contributed by atoms with Crippen molar-refractivity contribution in [3.05, 3.63) is 16.6 Å². The second-order valence-electron chi connectivity index (χ2n) is 5.91. The van der Waals surface area contributed by atoms with Gasteiger partial charge < -0.3 is 5.32 Å². The zero-order valence-corrected chi connectivity index (χ0v) is 12.0. The van der Waals surface area contributed by atoms with Crippen LogP contribution < -0.4 is 5.32 Å². The maximum absolute atomic E-state index is 4.18. The van der Waals surface area contributed by atoms with E-state index >= 15 is 0 Å². The highest BCUT2D eigenvalue weighted by Crippen LogP contribution is 2.42. The number of aromatic nitrogens is 1. The summed E-state index contributed by atoms with van der Waals surface area (Å²) in [7, 11) is 2.11. The summed E-state index contributed by atoms with van der Waals surface area (Å²) in [4.78, 5) is 5.59. The monoisotopic (exact) mass is 252 g/mol. The molecule has 1 aromatic rings. The van der Waals surface area contributed by atoms with Gasteiger partial charge in [0.25, 0.3) is 0 Å². The van der Waals surface area contributed by atoms with Crippen LogP contribution in [0.25, 0.3) is 0 Å². The molecule has 17 heavy (non-hydrogen) atoms. The summed E-state index contributed by atoms with van der Waals surface area (Å²) in [6, 6.07) is 0.603. The first-order valence-electron chi connectivity index (χ1n) is 6.68. The maximum atomic E-state index is 4.18. The Labute approximate surface area is 109 Å². The van der Waals surface area contributed by atoms with Crippen LogP contribution in [0, 0.1) is 11.3 Å². The maximum Gasteiger partial charge on any atom is 0.0794 e. The minimum atomic E-state index is 0.483. The van der Waals surface area contributed by atoms with Crippen LogP contribution in [-0.2, 0) is 6.42 Å². The molecule has 0 aliphatic heterocycles. The van der Waals surface area contributed by atoms with E-state index in [1.807, 2.05) is 11.7 Å². The number of rotatable bonds is 4. The number of likely N-dealkylation sites (N-methyl/N-ethyl adjacent to an activating group) is 1. The van der Waals surface area contributed by atoms with Crippen LogP contribution >= 0.6 is 11.3 Å². The van der Waals surface area contributed by atoms with Gasteiger partial charge >= 0.3 is 0 Å². The van der Waals surface area contributed by atoms with Gasteiger partial charge in [0.05, 0.1) is 5.51 Å². The third-order valence-corrected chi connectivity index (χ3v) is 5.15. The Hall–Kier alpha value is -0.410. The van der Waals surface area contributed by atoms with Crippen LogP contribution in [0.3, 0.4) is 0 Å². The molecular formula is C14H24N2S. The molecule has 0 aromatic carbocycles. The Kier molecular flexibility index (Phi) is 4.21. The summed E-state index contributed by atoms with van der Waals surface area (Å²) in [5, 5.41) is 3.54. The third kappa shape index (κ3) is 3.08. The van der Waals surface area contributed by atoms with Crippen molar-refractivity contribution in [3.8, 4) is 0 Å². The van der Waals surface area contributed by atoms with Gasteiger partial charge in [-0.05, 0) is 37.6 Å². The first-order valence-corrected chi connectivity index (χ1v) is 7.56. The summed E-state index contributed by atoms with van der Waals surface area (Å²) >= 11 is 1.78. The highest BCUT2D eigenvalue weighted by atomic mass is 32.1. The zero-order valence-electron chi connectivity index (χ0n) is 11.2. The lowest BCUT2D eigenvalue weighted by molar-refractivity contribution is 0.101. The fourth-order valence-corrected chi connectivity index (χ4v) is 3.93. The third-order valence-electron chi connectivity index (χ3n) is 4.35. The fourth-order valence-electron chi connectivity index (χ4n) is 3.27. The highest BCUT2D eigenvalue weighted by Gasteiger charge is 2.36. The van der Waals surface area contributed by atoms with Crippen LogP contribution in [0.15, 0.2) is 11.7 Å². The molecule has 1 saturated carbocycles. The van der Waals surface area contributed by atoms with Crippen molar-refractivity contribution in [2.24, 2.45) is 11.3 Å². The summed E-state index contributed by atoms with van der Waals surface area (Å²) in [6.07, 6.45) is 8.70. The molecular weight excluding hydrogens is 228 g/mol. The second-order valence-corrected chi connectivity index (χ2v) is 6.88. The van der Waals surface area contributed by atoms with Crippen molar-refractivity contribution in [2.75, 3.05) is 7.05 Å².